The Kier molecular flexibility index (Phi) is 3.93. The van der Waals surface area contributed by atoms with E-state index in [0.717, 1.165) is 30.0 Å². The Morgan fingerprint density at radius 1 is 1.00 bits per heavy atom. The van der Waals surface area contributed by atoms with Crippen LogP contribution < -0.4 is 4.74 Å². The van der Waals surface area contributed by atoms with Crippen molar-refractivity contribution in [2.75, 3.05) is 20.6 Å². The van der Waals surface area contributed by atoms with Gasteiger partial charge < -0.3 is 14.6 Å². The van der Waals surface area contributed by atoms with Gasteiger partial charge in [-0.05, 0) is 56.4 Å². The zero-order valence-corrected chi connectivity index (χ0v) is 12.5. The Labute approximate surface area is 125 Å². The predicted octanol–water partition coefficient (Wildman–Crippen LogP) is 4.06. The highest BCUT2D eigenvalue weighted by molar-refractivity contribution is 5.84. The van der Waals surface area contributed by atoms with Gasteiger partial charge in [0.25, 0.3) is 0 Å². The maximum Gasteiger partial charge on any atom is 0.128 e. The Morgan fingerprint density at radius 2 is 1.81 bits per heavy atom. The van der Waals surface area contributed by atoms with Crippen LogP contribution in [-0.4, -0.2) is 30.5 Å². The van der Waals surface area contributed by atoms with Crippen LogP contribution in [-0.2, 0) is 6.42 Å². The highest BCUT2D eigenvalue weighted by Crippen LogP contribution is 2.27. The van der Waals surface area contributed by atoms with Gasteiger partial charge in [0, 0.05) is 23.6 Å². The summed E-state index contributed by atoms with van der Waals surface area (Å²) in [6.07, 6.45) is 3.13. The van der Waals surface area contributed by atoms with Crippen molar-refractivity contribution in [3.05, 3.63) is 60.3 Å². The lowest BCUT2D eigenvalue weighted by Crippen LogP contribution is -2.14. The molecule has 3 aromatic rings. The smallest absolute Gasteiger partial charge is 0.128 e. The van der Waals surface area contributed by atoms with Crippen LogP contribution in [0.5, 0.6) is 11.5 Å². The second-order valence-electron chi connectivity index (χ2n) is 5.49. The fraction of sp³-hybridized carbons (Fsp3) is 0.222. The van der Waals surface area contributed by atoms with Crippen LogP contribution in [0.15, 0.2) is 54.7 Å². The van der Waals surface area contributed by atoms with Crippen molar-refractivity contribution in [3.8, 4) is 11.5 Å². The van der Waals surface area contributed by atoms with E-state index in [2.05, 4.69) is 42.3 Å². The first-order chi connectivity index (χ1) is 10.2. The molecular formula is C18H20N2O. The number of fused-ring (bicyclic) bond motifs is 1. The van der Waals surface area contributed by atoms with Crippen LogP contribution in [0.1, 0.15) is 5.56 Å². The average Bonchev–Trinajstić information content (AvgIpc) is 2.88. The lowest BCUT2D eigenvalue weighted by atomic mass is 10.1. The van der Waals surface area contributed by atoms with E-state index in [1.807, 2.05) is 36.4 Å². The molecule has 0 spiro atoms. The fourth-order valence-electron chi connectivity index (χ4n) is 2.40. The molecule has 0 radical (unpaired) electrons. The summed E-state index contributed by atoms with van der Waals surface area (Å²) >= 11 is 0. The molecule has 108 valence electrons. The number of nitrogens with one attached hydrogen (secondary N) is 1. The normalized spacial score (nSPS) is 11.2. The van der Waals surface area contributed by atoms with Crippen molar-refractivity contribution < 1.29 is 4.74 Å². The third-order valence-corrected chi connectivity index (χ3v) is 3.55. The Morgan fingerprint density at radius 3 is 2.57 bits per heavy atom. The van der Waals surface area contributed by atoms with Crippen LogP contribution in [0.4, 0.5) is 0 Å². The molecule has 0 saturated carbocycles. The molecule has 0 unspecified atom stereocenters. The van der Waals surface area contributed by atoms with E-state index in [9.17, 15) is 0 Å². The lowest BCUT2D eigenvalue weighted by Gasteiger charge is -2.09. The van der Waals surface area contributed by atoms with Crippen LogP contribution in [0.3, 0.4) is 0 Å². The number of hydrogen-bond donors (Lipinski definition) is 1. The molecule has 0 aliphatic rings. The van der Waals surface area contributed by atoms with E-state index in [1.165, 1.54) is 10.9 Å². The number of benzene rings is 2. The van der Waals surface area contributed by atoms with Gasteiger partial charge in [-0.1, -0.05) is 18.2 Å². The molecule has 0 atom stereocenters. The highest BCUT2D eigenvalue weighted by Gasteiger charge is 2.06. The molecular weight excluding hydrogens is 260 g/mol. The van der Waals surface area contributed by atoms with Crippen LogP contribution in [0.2, 0.25) is 0 Å². The van der Waals surface area contributed by atoms with Crippen LogP contribution in [0.25, 0.3) is 10.9 Å². The van der Waals surface area contributed by atoms with Gasteiger partial charge in [0.1, 0.15) is 11.5 Å². The monoisotopic (exact) mass is 280 g/mol. The summed E-state index contributed by atoms with van der Waals surface area (Å²) in [5.74, 6) is 1.74. The minimum absolute atomic E-state index is 0.863. The van der Waals surface area contributed by atoms with Gasteiger partial charge in [-0.25, -0.2) is 0 Å². The SMILES string of the molecule is CN(C)CCc1c[nH]c2ccc(Oc3ccccc3)cc12. The van der Waals surface area contributed by atoms with Gasteiger partial charge in [-0.3, -0.25) is 0 Å². The van der Waals surface area contributed by atoms with Crippen molar-refractivity contribution in [3.63, 3.8) is 0 Å². The molecule has 1 heterocycles. The number of H-pyrrole nitrogens is 1. The van der Waals surface area contributed by atoms with Gasteiger partial charge in [0.15, 0.2) is 0 Å². The molecule has 0 amide bonds. The summed E-state index contributed by atoms with van der Waals surface area (Å²) < 4.78 is 5.91. The number of hydrogen-bond acceptors (Lipinski definition) is 2. The van der Waals surface area contributed by atoms with Crippen LogP contribution in [0, 0.1) is 0 Å². The molecule has 0 saturated heterocycles. The molecule has 0 aliphatic heterocycles. The predicted molar refractivity (Wildman–Crippen MR) is 87.1 cm³/mol. The first-order valence-electron chi connectivity index (χ1n) is 7.20. The molecule has 0 fully saturated rings. The number of ether oxygens (including phenoxy) is 1. The highest BCUT2D eigenvalue weighted by atomic mass is 16.5. The number of likely N-dealkylation sites (N-methyl/N-ethyl adjacent to an activating group) is 1. The zero-order valence-electron chi connectivity index (χ0n) is 12.5. The number of aromatic nitrogens is 1. The van der Waals surface area contributed by atoms with E-state index in [0.29, 0.717) is 0 Å². The molecule has 1 N–H and O–H groups in total. The fourth-order valence-corrected chi connectivity index (χ4v) is 2.40. The molecule has 0 aliphatic carbocycles. The zero-order chi connectivity index (χ0) is 14.7. The maximum absolute atomic E-state index is 5.91. The molecule has 1 aromatic heterocycles. The number of aromatic amines is 1. The van der Waals surface area contributed by atoms with E-state index >= 15 is 0 Å². The summed E-state index contributed by atoms with van der Waals surface area (Å²) in [6, 6.07) is 16.1. The van der Waals surface area contributed by atoms with Gasteiger partial charge in [0.05, 0.1) is 0 Å². The van der Waals surface area contributed by atoms with Crippen molar-refractivity contribution in [2.45, 2.75) is 6.42 Å². The Hall–Kier alpha value is -2.26. The van der Waals surface area contributed by atoms with E-state index in [4.69, 9.17) is 4.74 Å². The topological polar surface area (TPSA) is 28.3 Å². The van der Waals surface area contributed by atoms with Gasteiger partial charge in [-0.15, -0.1) is 0 Å². The summed E-state index contributed by atoms with van der Waals surface area (Å²) in [4.78, 5) is 5.53. The molecule has 21 heavy (non-hydrogen) atoms. The number of rotatable bonds is 5. The van der Waals surface area contributed by atoms with Gasteiger partial charge >= 0.3 is 0 Å². The maximum atomic E-state index is 5.91. The number of para-hydroxylation sites is 1. The largest absolute Gasteiger partial charge is 0.457 e. The third kappa shape index (κ3) is 3.26. The van der Waals surface area contributed by atoms with E-state index < -0.39 is 0 Å². The summed E-state index contributed by atoms with van der Waals surface area (Å²) in [5, 5.41) is 1.24. The summed E-state index contributed by atoms with van der Waals surface area (Å²) in [7, 11) is 4.19. The Balaban J connectivity index is 1.86. The summed E-state index contributed by atoms with van der Waals surface area (Å²) in [5.41, 5.74) is 2.49. The first-order valence-corrected chi connectivity index (χ1v) is 7.20. The van der Waals surface area contributed by atoms with Crippen molar-refractivity contribution >= 4 is 10.9 Å². The van der Waals surface area contributed by atoms with E-state index in [-0.39, 0.29) is 0 Å². The Bertz CT molecular complexity index is 716. The molecule has 3 nitrogen and oxygen atoms in total. The molecule has 0 bridgehead atoms. The van der Waals surface area contributed by atoms with Crippen molar-refractivity contribution in [1.82, 2.24) is 9.88 Å². The first kappa shape index (κ1) is 13.7. The van der Waals surface area contributed by atoms with Crippen LogP contribution >= 0.6 is 0 Å². The number of nitrogens with zero attached hydrogens (tertiary/aromatic N) is 1. The lowest BCUT2D eigenvalue weighted by molar-refractivity contribution is 0.414. The quantitative estimate of drug-likeness (QED) is 0.763. The molecule has 2 aromatic carbocycles. The van der Waals surface area contributed by atoms with Gasteiger partial charge in [0.2, 0.25) is 0 Å². The van der Waals surface area contributed by atoms with E-state index in [1.54, 1.807) is 0 Å². The molecule has 3 rings (SSSR count). The second-order valence-corrected chi connectivity index (χ2v) is 5.49. The standard InChI is InChI=1S/C18H20N2O/c1-20(2)11-10-14-13-19-18-9-8-16(12-17(14)18)21-15-6-4-3-5-7-15/h3-9,12-13,19H,10-11H2,1-2H3. The van der Waals surface area contributed by atoms with Crippen molar-refractivity contribution in [2.24, 2.45) is 0 Å². The average molecular weight is 280 g/mol. The second kappa shape index (κ2) is 6.02. The molecule has 3 heteroatoms. The minimum Gasteiger partial charge on any atom is -0.457 e. The summed E-state index contributed by atoms with van der Waals surface area (Å²) in [6.45, 7) is 1.04. The minimum atomic E-state index is 0.863. The third-order valence-electron chi connectivity index (χ3n) is 3.55. The van der Waals surface area contributed by atoms with Gasteiger partial charge in [-0.2, -0.15) is 0 Å². The van der Waals surface area contributed by atoms with Crippen molar-refractivity contribution in [1.29, 1.82) is 0 Å².